The van der Waals surface area contributed by atoms with Crippen LogP contribution in [0.3, 0.4) is 0 Å². The molecule has 0 radical (unpaired) electrons. The smallest absolute Gasteiger partial charge is 0.330 e. The molecule has 2 atom stereocenters. The van der Waals surface area contributed by atoms with Gasteiger partial charge < -0.3 is 14.7 Å². The van der Waals surface area contributed by atoms with Gasteiger partial charge in [0.25, 0.3) is 0 Å². The Bertz CT molecular complexity index is 526. The van der Waals surface area contributed by atoms with Gasteiger partial charge in [0.1, 0.15) is 0 Å². The third-order valence-electron chi connectivity index (χ3n) is 3.64. The highest BCUT2D eigenvalue weighted by Gasteiger charge is 2.44. The second kappa shape index (κ2) is 7.04. The van der Waals surface area contributed by atoms with E-state index in [1.54, 1.807) is 11.0 Å². The molecule has 1 saturated heterocycles. The molecule has 1 aromatic rings. The van der Waals surface area contributed by atoms with Gasteiger partial charge in [-0.3, -0.25) is 4.79 Å². The average Bonchev–Trinajstić information content (AvgIpc) is 2.53. The Balaban J connectivity index is 2.09. The molecule has 2 rings (SSSR count). The Kier molecular flexibility index (Phi) is 5.11. The number of esters is 1. The maximum Gasteiger partial charge on any atom is 0.330 e. The Morgan fingerprint density at radius 2 is 2.10 bits per heavy atom. The molecule has 1 N–H and O–H groups in total. The van der Waals surface area contributed by atoms with Crippen LogP contribution in [0.5, 0.6) is 0 Å². The summed E-state index contributed by atoms with van der Waals surface area (Å²) in [5.41, 5.74) is 1.03. The Morgan fingerprint density at radius 1 is 1.38 bits per heavy atom. The summed E-state index contributed by atoms with van der Waals surface area (Å²) in [5.74, 6) is -0.705. The minimum atomic E-state index is -0.447. The van der Waals surface area contributed by atoms with Crippen LogP contribution in [0.15, 0.2) is 42.5 Å². The normalized spacial score (nSPS) is 21.4. The van der Waals surface area contributed by atoms with Gasteiger partial charge in [-0.2, -0.15) is 0 Å². The lowest BCUT2D eigenvalue weighted by Crippen LogP contribution is -2.59. The van der Waals surface area contributed by atoms with Crippen molar-refractivity contribution in [2.75, 3.05) is 13.7 Å². The molecule has 112 valence electrons. The van der Waals surface area contributed by atoms with E-state index in [2.05, 4.69) is 4.74 Å². The topological polar surface area (TPSA) is 66.8 Å². The van der Waals surface area contributed by atoms with Crippen molar-refractivity contribution in [1.82, 2.24) is 4.90 Å². The fraction of sp³-hybridized carbons (Fsp3) is 0.375. The van der Waals surface area contributed by atoms with Gasteiger partial charge in [-0.25, -0.2) is 4.79 Å². The third kappa shape index (κ3) is 3.49. The molecule has 1 heterocycles. The summed E-state index contributed by atoms with van der Waals surface area (Å²) in [7, 11) is 1.31. The highest BCUT2D eigenvalue weighted by molar-refractivity contribution is 5.88. The molecule has 5 nitrogen and oxygen atoms in total. The predicted octanol–water partition coefficient (Wildman–Crippen LogP) is 1.13. The number of benzene rings is 1. The lowest BCUT2D eigenvalue weighted by molar-refractivity contribution is -0.155. The summed E-state index contributed by atoms with van der Waals surface area (Å²) in [4.78, 5) is 25.1. The number of carbonyl (C=O) groups is 2. The molecule has 1 amide bonds. The van der Waals surface area contributed by atoms with Crippen molar-refractivity contribution >= 4 is 11.9 Å². The summed E-state index contributed by atoms with van der Waals surface area (Å²) >= 11 is 0. The molecule has 2 unspecified atom stereocenters. The molecule has 0 spiro atoms. The van der Waals surface area contributed by atoms with Gasteiger partial charge in [0.15, 0.2) is 0 Å². The van der Waals surface area contributed by atoms with Crippen molar-refractivity contribution in [2.24, 2.45) is 5.92 Å². The standard InChI is InChI=1S/C16H19NO4/c1-21-15(19)8-7-14-13(9-10-18)16(20)17(14)11-12-5-3-2-4-6-12/h2-8,13-14,18H,9-11H2,1H3. The number of amides is 1. The molecule has 1 aromatic carbocycles. The van der Waals surface area contributed by atoms with Gasteiger partial charge in [0.05, 0.1) is 19.1 Å². The molecule has 5 heteroatoms. The molecular weight excluding hydrogens is 270 g/mol. The number of methoxy groups -OCH3 is 1. The molecular formula is C16H19NO4. The van der Waals surface area contributed by atoms with E-state index in [0.29, 0.717) is 13.0 Å². The van der Waals surface area contributed by atoms with Crippen LogP contribution in [0.1, 0.15) is 12.0 Å². The van der Waals surface area contributed by atoms with Crippen molar-refractivity contribution < 1.29 is 19.4 Å². The van der Waals surface area contributed by atoms with Crippen LogP contribution in [-0.4, -0.2) is 41.6 Å². The van der Waals surface area contributed by atoms with E-state index >= 15 is 0 Å². The van der Waals surface area contributed by atoms with Crippen LogP contribution >= 0.6 is 0 Å². The van der Waals surface area contributed by atoms with Crippen LogP contribution in [0, 0.1) is 5.92 Å². The summed E-state index contributed by atoms with van der Waals surface area (Å²) in [6.45, 7) is 0.454. The molecule has 0 saturated carbocycles. The van der Waals surface area contributed by atoms with Crippen molar-refractivity contribution in [3.63, 3.8) is 0 Å². The first-order valence-electron chi connectivity index (χ1n) is 6.88. The number of hydrogen-bond acceptors (Lipinski definition) is 4. The molecule has 0 bridgehead atoms. The van der Waals surface area contributed by atoms with Gasteiger partial charge >= 0.3 is 5.97 Å². The lowest BCUT2D eigenvalue weighted by atomic mass is 9.84. The summed E-state index contributed by atoms with van der Waals surface area (Å²) < 4.78 is 4.57. The van der Waals surface area contributed by atoms with Crippen molar-refractivity contribution in [3.05, 3.63) is 48.0 Å². The van der Waals surface area contributed by atoms with Crippen molar-refractivity contribution in [2.45, 2.75) is 19.0 Å². The van der Waals surface area contributed by atoms with E-state index in [4.69, 9.17) is 5.11 Å². The second-order valence-electron chi connectivity index (χ2n) is 4.94. The van der Waals surface area contributed by atoms with E-state index < -0.39 is 5.97 Å². The first kappa shape index (κ1) is 15.3. The van der Waals surface area contributed by atoms with Gasteiger partial charge in [0, 0.05) is 19.2 Å². The zero-order chi connectivity index (χ0) is 15.2. The van der Waals surface area contributed by atoms with Crippen molar-refractivity contribution in [1.29, 1.82) is 0 Å². The quantitative estimate of drug-likeness (QED) is 0.484. The Labute approximate surface area is 123 Å². The molecule has 21 heavy (non-hydrogen) atoms. The van der Waals surface area contributed by atoms with E-state index in [1.165, 1.54) is 13.2 Å². The maximum atomic E-state index is 12.1. The number of likely N-dealkylation sites (tertiary alicyclic amines) is 1. The molecule has 0 aliphatic carbocycles. The number of aliphatic hydroxyl groups excluding tert-OH is 1. The first-order valence-corrected chi connectivity index (χ1v) is 6.88. The van der Waals surface area contributed by atoms with Gasteiger partial charge in [0.2, 0.25) is 5.91 Å². The number of ether oxygens (including phenoxy) is 1. The van der Waals surface area contributed by atoms with Gasteiger partial charge in [-0.1, -0.05) is 36.4 Å². The molecule has 1 aliphatic rings. The van der Waals surface area contributed by atoms with Crippen LogP contribution in [0.25, 0.3) is 0 Å². The first-order chi connectivity index (χ1) is 10.2. The van der Waals surface area contributed by atoms with Gasteiger partial charge in [-0.15, -0.1) is 0 Å². The summed E-state index contributed by atoms with van der Waals surface area (Å²) in [6, 6.07) is 9.49. The summed E-state index contributed by atoms with van der Waals surface area (Å²) in [5, 5.41) is 9.05. The van der Waals surface area contributed by atoms with E-state index in [-0.39, 0.29) is 24.5 Å². The van der Waals surface area contributed by atoms with E-state index in [9.17, 15) is 9.59 Å². The predicted molar refractivity (Wildman–Crippen MR) is 77.1 cm³/mol. The van der Waals surface area contributed by atoms with Crippen LogP contribution in [-0.2, 0) is 20.9 Å². The van der Waals surface area contributed by atoms with Crippen LogP contribution in [0.2, 0.25) is 0 Å². The Morgan fingerprint density at radius 3 is 2.71 bits per heavy atom. The zero-order valence-electron chi connectivity index (χ0n) is 11.9. The second-order valence-corrected chi connectivity index (χ2v) is 4.94. The number of nitrogens with zero attached hydrogens (tertiary/aromatic N) is 1. The zero-order valence-corrected chi connectivity index (χ0v) is 11.9. The number of rotatable bonds is 6. The number of carbonyl (C=O) groups excluding carboxylic acids is 2. The number of hydrogen-bond donors (Lipinski definition) is 1. The third-order valence-corrected chi connectivity index (χ3v) is 3.64. The lowest BCUT2D eigenvalue weighted by Gasteiger charge is -2.46. The average molecular weight is 289 g/mol. The van der Waals surface area contributed by atoms with Crippen LogP contribution < -0.4 is 0 Å². The maximum absolute atomic E-state index is 12.1. The minimum Gasteiger partial charge on any atom is -0.466 e. The van der Waals surface area contributed by atoms with E-state index in [0.717, 1.165) is 5.56 Å². The van der Waals surface area contributed by atoms with Crippen molar-refractivity contribution in [3.8, 4) is 0 Å². The fourth-order valence-electron chi connectivity index (χ4n) is 2.52. The molecule has 1 fully saturated rings. The number of β-lactam (4-membered cyclic amide) rings is 1. The SMILES string of the molecule is COC(=O)C=CC1C(CCO)C(=O)N1Cc1ccccc1. The van der Waals surface area contributed by atoms with E-state index in [1.807, 2.05) is 30.3 Å². The fourth-order valence-corrected chi connectivity index (χ4v) is 2.52. The highest BCUT2D eigenvalue weighted by Crippen LogP contribution is 2.32. The van der Waals surface area contributed by atoms with Crippen LogP contribution in [0.4, 0.5) is 0 Å². The minimum absolute atomic E-state index is 0.00687. The monoisotopic (exact) mass is 289 g/mol. The Hall–Kier alpha value is -2.14. The summed E-state index contributed by atoms with van der Waals surface area (Å²) in [6.07, 6.45) is 3.41. The largest absolute Gasteiger partial charge is 0.466 e. The molecule has 1 aliphatic heterocycles. The highest BCUT2D eigenvalue weighted by atomic mass is 16.5. The van der Waals surface area contributed by atoms with Gasteiger partial charge in [-0.05, 0) is 12.0 Å². The number of aliphatic hydroxyl groups is 1. The molecule has 0 aromatic heterocycles.